The van der Waals surface area contributed by atoms with E-state index in [-0.39, 0.29) is 10.6 Å². The van der Waals surface area contributed by atoms with Crippen molar-refractivity contribution < 1.29 is 4.92 Å². The number of non-ortho nitro benzene ring substituents is 1. The number of rotatable bonds is 4. The second-order valence-electron chi connectivity index (χ2n) is 6.77. The van der Waals surface area contributed by atoms with Crippen molar-refractivity contribution in [2.24, 2.45) is 0 Å². The first-order chi connectivity index (χ1) is 12.6. The fourth-order valence-electron chi connectivity index (χ4n) is 3.79. The Morgan fingerprint density at radius 1 is 1.12 bits per heavy atom. The van der Waals surface area contributed by atoms with Gasteiger partial charge in [-0.15, -0.1) is 11.3 Å². The highest BCUT2D eigenvalue weighted by Crippen LogP contribution is 2.41. The van der Waals surface area contributed by atoms with Crippen molar-refractivity contribution >= 4 is 17.0 Å². The number of nitro benzene ring substituents is 1. The first kappa shape index (κ1) is 16.9. The van der Waals surface area contributed by atoms with E-state index >= 15 is 0 Å². The van der Waals surface area contributed by atoms with E-state index in [1.807, 2.05) is 23.5 Å². The summed E-state index contributed by atoms with van der Waals surface area (Å²) < 4.78 is 0. The topological polar surface area (TPSA) is 46.4 Å². The lowest BCUT2D eigenvalue weighted by molar-refractivity contribution is -0.384. The third-order valence-electron chi connectivity index (χ3n) is 5.19. The number of thiophene rings is 1. The van der Waals surface area contributed by atoms with Crippen LogP contribution in [0.2, 0.25) is 0 Å². The van der Waals surface area contributed by atoms with Crippen LogP contribution in [-0.4, -0.2) is 15.9 Å². The Kier molecular flexibility index (Phi) is 4.57. The number of nitro groups is 1. The zero-order chi connectivity index (χ0) is 18.1. The summed E-state index contributed by atoms with van der Waals surface area (Å²) in [4.78, 5) is 14.4. The summed E-state index contributed by atoms with van der Waals surface area (Å²) in [6.07, 6.45) is 0. The molecule has 0 saturated heterocycles. The highest BCUT2D eigenvalue weighted by atomic mass is 32.1. The third kappa shape index (κ3) is 3.16. The molecule has 5 heteroatoms. The van der Waals surface area contributed by atoms with Crippen LogP contribution in [0.25, 0.3) is 0 Å². The van der Waals surface area contributed by atoms with E-state index in [0.717, 1.165) is 18.7 Å². The van der Waals surface area contributed by atoms with Gasteiger partial charge in [0.1, 0.15) is 0 Å². The molecule has 1 aromatic heterocycles. The van der Waals surface area contributed by atoms with Crippen molar-refractivity contribution in [3.8, 4) is 0 Å². The molecule has 0 saturated carbocycles. The molecule has 4 rings (SSSR count). The van der Waals surface area contributed by atoms with Gasteiger partial charge in [0, 0.05) is 42.1 Å². The molecule has 2 aromatic carbocycles. The molecule has 132 valence electrons. The summed E-state index contributed by atoms with van der Waals surface area (Å²) in [5.41, 5.74) is 3.98. The van der Waals surface area contributed by atoms with Crippen LogP contribution in [0, 0.1) is 10.1 Å². The van der Waals surface area contributed by atoms with Crippen LogP contribution >= 0.6 is 11.3 Å². The van der Waals surface area contributed by atoms with Gasteiger partial charge in [0.05, 0.1) is 4.92 Å². The van der Waals surface area contributed by atoms with Crippen LogP contribution in [-0.2, 0) is 13.1 Å². The predicted molar refractivity (Wildman–Crippen MR) is 104 cm³/mol. The molecule has 2 atom stereocenters. The van der Waals surface area contributed by atoms with Gasteiger partial charge >= 0.3 is 0 Å². The number of hydrogen-bond acceptors (Lipinski definition) is 4. The Hall–Kier alpha value is -2.50. The molecule has 3 aromatic rings. The van der Waals surface area contributed by atoms with Crippen LogP contribution in [0.3, 0.4) is 0 Å². The molecule has 0 aliphatic carbocycles. The van der Waals surface area contributed by atoms with Gasteiger partial charge in [0.2, 0.25) is 0 Å². The van der Waals surface area contributed by atoms with Gasteiger partial charge in [-0.05, 0) is 35.1 Å². The zero-order valence-electron chi connectivity index (χ0n) is 14.5. The van der Waals surface area contributed by atoms with Crippen LogP contribution in [0.15, 0.2) is 66.0 Å². The van der Waals surface area contributed by atoms with Crippen molar-refractivity contribution in [1.29, 1.82) is 0 Å². The summed E-state index contributed by atoms with van der Waals surface area (Å²) in [7, 11) is 0. The van der Waals surface area contributed by atoms with E-state index < -0.39 is 0 Å². The summed E-state index contributed by atoms with van der Waals surface area (Å²) in [6, 6.07) is 20.2. The molecule has 26 heavy (non-hydrogen) atoms. The largest absolute Gasteiger partial charge is 0.291 e. The normalized spacial score (nSPS) is 19.9. The SMILES string of the molecule is CC1C(c2ccccc2)c2sccc2CN1Cc1ccc([N+](=O)[O-])cc1. The van der Waals surface area contributed by atoms with Crippen molar-refractivity contribution in [2.75, 3.05) is 0 Å². The van der Waals surface area contributed by atoms with E-state index in [1.54, 1.807) is 12.1 Å². The number of nitrogens with zero attached hydrogens (tertiary/aromatic N) is 2. The van der Waals surface area contributed by atoms with Gasteiger partial charge in [-0.2, -0.15) is 0 Å². The summed E-state index contributed by atoms with van der Waals surface area (Å²) in [5.74, 6) is 0.359. The minimum atomic E-state index is -0.351. The van der Waals surface area contributed by atoms with Crippen molar-refractivity contribution in [3.05, 3.63) is 97.7 Å². The van der Waals surface area contributed by atoms with E-state index in [2.05, 4.69) is 53.6 Å². The maximum absolute atomic E-state index is 10.9. The Balaban J connectivity index is 1.63. The van der Waals surface area contributed by atoms with Crippen LogP contribution in [0.5, 0.6) is 0 Å². The van der Waals surface area contributed by atoms with E-state index in [0.29, 0.717) is 12.0 Å². The van der Waals surface area contributed by atoms with Crippen LogP contribution in [0.1, 0.15) is 34.4 Å². The molecule has 0 spiro atoms. The van der Waals surface area contributed by atoms with Crippen molar-refractivity contribution in [1.82, 2.24) is 4.90 Å². The maximum Gasteiger partial charge on any atom is 0.269 e. The molecule has 2 unspecified atom stereocenters. The molecular formula is C21H20N2O2S. The lowest BCUT2D eigenvalue weighted by Gasteiger charge is -2.39. The second-order valence-corrected chi connectivity index (χ2v) is 7.72. The highest BCUT2D eigenvalue weighted by molar-refractivity contribution is 7.10. The Morgan fingerprint density at radius 3 is 2.54 bits per heavy atom. The number of fused-ring (bicyclic) bond motifs is 1. The first-order valence-corrected chi connectivity index (χ1v) is 9.60. The standard InChI is InChI=1S/C21H20N2O2S/c1-15-20(17-5-3-2-4-6-17)21-18(11-12-26-21)14-22(15)13-16-7-9-19(10-8-16)23(24)25/h2-12,15,20H,13-14H2,1H3. The molecule has 0 bridgehead atoms. The molecule has 4 nitrogen and oxygen atoms in total. The molecule has 1 aliphatic rings. The minimum absolute atomic E-state index is 0.141. The van der Waals surface area contributed by atoms with Crippen LogP contribution in [0.4, 0.5) is 5.69 Å². The second kappa shape index (κ2) is 7.02. The monoisotopic (exact) mass is 364 g/mol. The zero-order valence-corrected chi connectivity index (χ0v) is 15.4. The predicted octanol–water partition coefficient (Wildman–Crippen LogP) is 5.19. The van der Waals surface area contributed by atoms with Gasteiger partial charge in [-0.3, -0.25) is 15.0 Å². The first-order valence-electron chi connectivity index (χ1n) is 8.72. The molecule has 0 amide bonds. The van der Waals surface area contributed by atoms with Gasteiger partial charge in [0.25, 0.3) is 5.69 Å². The summed E-state index contributed by atoms with van der Waals surface area (Å²) >= 11 is 1.84. The maximum atomic E-state index is 10.9. The molecular weight excluding hydrogens is 344 g/mol. The van der Waals surface area contributed by atoms with Gasteiger partial charge < -0.3 is 0 Å². The molecule has 0 fully saturated rings. The van der Waals surface area contributed by atoms with Crippen molar-refractivity contribution in [3.63, 3.8) is 0 Å². The van der Waals surface area contributed by atoms with Gasteiger partial charge in [-0.1, -0.05) is 42.5 Å². The molecule has 2 heterocycles. The van der Waals surface area contributed by atoms with Gasteiger partial charge in [-0.25, -0.2) is 0 Å². The Bertz CT molecular complexity index is 905. The number of benzene rings is 2. The average Bonchev–Trinajstić information content (AvgIpc) is 3.11. The summed E-state index contributed by atoms with van der Waals surface area (Å²) in [5, 5.41) is 13.0. The quantitative estimate of drug-likeness (QED) is 0.473. The van der Waals surface area contributed by atoms with Gasteiger partial charge in [0.15, 0.2) is 0 Å². The van der Waals surface area contributed by atoms with E-state index in [1.165, 1.54) is 16.0 Å². The minimum Gasteiger partial charge on any atom is -0.291 e. The molecule has 1 aliphatic heterocycles. The molecule has 0 radical (unpaired) electrons. The highest BCUT2D eigenvalue weighted by Gasteiger charge is 2.34. The smallest absolute Gasteiger partial charge is 0.269 e. The Morgan fingerprint density at radius 2 is 1.85 bits per heavy atom. The van der Waals surface area contributed by atoms with Crippen molar-refractivity contribution in [2.45, 2.75) is 32.0 Å². The van der Waals surface area contributed by atoms with E-state index in [4.69, 9.17) is 0 Å². The third-order valence-corrected chi connectivity index (χ3v) is 6.23. The summed E-state index contributed by atoms with van der Waals surface area (Å²) in [6.45, 7) is 3.99. The van der Waals surface area contributed by atoms with E-state index in [9.17, 15) is 10.1 Å². The Labute approximate surface area is 156 Å². The lowest BCUT2D eigenvalue weighted by Crippen LogP contribution is -2.40. The lowest BCUT2D eigenvalue weighted by atomic mass is 9.85. The number of hydrogen-bond donors (Lipinski definition) is 0. The fraction of sp³-hybridized carbons (Fsp3) is 0.238. The van der Waals surface area contributed by atoms with Crippen LogP contribution < -0.4 is 0 Å². The fourth-order valence-corrected chi connectivity index (χ4v) is 4.93. The average molecular weight is 364 g/mol. The molecule has 0 N–H and O–H groups in total.